The second-order valence-corrected chi connectivity index (χ2v) is 7.92. The van der Waals surface area contributed by atoms with Crippen molar-refractivity contribution < 1.29 is 9.47 Å². The Morgan fingerprint density at radius 1 is 1.26 bits per heavy atom. The van der Waals surface area contributed by atoms with E-state index in [1.54, 1.807) is 14.2 Å². The number of halogens is 1. The largest absolute Gasteiger partial charge is 0.495 e. The molecule has 0 fully saturated rings. The number of nitrogens with two attached hydrogens (primary N) is 1. The van der Waals surface area contributed by atoms with Crippen LogP contribution in [-0.2, 0) is 24.8 Å². The molecular formula is C22H31ClN6O2. The highest BCUT2D eigenvalue weighted by atomic mass is 35.5. The van der Waals surface area contributed by atoms with E-state index >= 15 is 0 Å². The van der Waals surface area contributed by atoms with E-state index in [9.17, 15) is 0 Å². The number of aromatic nitrogens is 4. The normalized spacial score (nSPS) is 12.3. The molecule has 1 unspecified atom stereocenters. The first-order valence-corrected chi connectivity index (χ1v) is 10.9. The van der Waals surface area contributed by atoms with E-state index in [1.165, 1.54) is 0 Å². The first kappa shape index (κ1) is 23.2. The van der Waals surface area contributed by atoms with E-state index in [-0.39, 0.29) is 6.04 Å². The van der Waals surface area contributed by atoms with Crippen LogP contribution >= 0.6 is 11.6 Å². The zero-order valence-corrected chi connectivity index (χ0v) is 19.4. The summed E-state index contributed by atoms with van der Waals surface area (Å²) in [6.45, 7) is 3.33. The van der Waals surface area contributed by atoms with Gasteiger partial charge in [-0.05, 0) is 37.0 Å². The minimum atomic E-state index is -0.273. The van der Waals surface area contributed by atoms with Crippen molar-refractivity contribution in [2.45, 2.75) is 45.2 Å². The van der Waals surface area contributed by atoms with E-state index in [0.29, 0.717) is 35.6 Å². The highest BCUT2D eigenvalue weighted by Crippen LogP contribution is 2.28. The molecule has 0 aliphatic carbocycles. The Morgan fingerprint density at radius 3 is 2.74 bits per heavy atom. The average molecular weight is 447 g/mol. The summed E-state index contributed by atoms with van der Waals surface area (Å²) in [5, 5.41) is 8.69. The van der Waals surface area contributed by atoms with Gasteiger partial charge in [-0.15, -0.1) is 0 Å². The van der Waals surface area contributed by atoms with Crippen LogP contribution in [0.4, 0.5) is 5.82 Å². The van der Waals surface area contributed by atoms with Crippen molar-refractivity contribution in [1.29, 1.82) is 0 Å². The molecule has 0 saturated carbocycles. The molecule has 0 aliphatic heterocycles. The van der Waals surface area contributed by atoms with Gasteiger partial charge in [0.15, 0.2) is 5.82 Å². The summed E-state index contributed by atoms with van der Waals surface area (Å²) in [5.41, 5.74) is 10.1. The summed E-state index contributed by atoms with van der Waals surface area (Å²) in [7, 11) is 5.21. The molecule has 8 nitrogen and oxygen atoms in total. The van der Waals surface area contributed by atoms with Gasteiger partial charge in [0, 0.05) is 27.3 Å². The molecule has 9 heteroatoms. The molecule has 3 aromatic rings. The van der Waals surface area contributed by atoms with Gasteiger partial charge in [0.25, 0.3) is 0 Å². The minimum absolute atomic E-state index is 0.273. The van der Waals surface area contributed by atoms with E-state index in [1.807, 2.05) is 29.9 Å². The van der Waals surface area contributed by atoms with Crippen LogP contribution in [0.5, 0.6) is 5.75 Å². The molecule has 0 aliphatic rings. The summed E-state index contributed by atoms with van der Waals surface area (Å²) in [6.07, 6.45) is 3.43. The molecule has 3 rings (SSSR count). The molecule has 0 radical (unpaired) electrons. The Kier molecular flexibility index (Phi) is 8.06. The zero-order chi connectivity index (χ0) is 22.4. The average Bonchev–Trinajstić information content (AvgIpc) is 3.08. The molecule has 0 saturated heterocycles. The predicted octanol–water partition coefficient (Wildman–Crippen LogP) is 4.02. The molecule has 2 heterocycles. The van der Waals surface area contributed by atoms with Crippen LogP contribution in [0.1, 0.15) is 49.3 Å². The smallest absolute Gasteiger partial charge is 0.156 e. The maximum atomic E-state index is 6.42. The Morgan fingerprint density at radius 2 is 2.06 bits per heavy atom. The maximum Gasteiger partial charge on any atom is 0.156 e. The Bertz CT molecular complexity index is 1020. The van der Waals surface area contributed by atoms with Crippen molar-refractivity contribution in [3.8, 4) is 5.75 Å². The van der Waals surface area contributed by atoms with Gasteiger partial charge in [-0.2, -0.15) is 5.10 Å². The number of benzene rings is 1. The van der Waals surface area contributed by atoms with Crippen molar-refractivity contribution in [3.63, 3.8) is 0 Å². The van der Waals surface area contributed by atoms with Crippen molar-refractivity contribution in [2.75, 3.05) is 26.1 Å². The lowest BCUT2D eigenvalue weighted by molar-refractivity contribution is 0.190. The number of ether oxygens (including phenoxy) is 2. The van der Waals surface area contributed by atoms with Gasteiger partial charge in [-0.25, -0.2) is 9.97 Å². The Hall–Kier alpha value is -2.42. The first-order chi connectivity index (χ1) is 15.0. The minimum Gasteiger partial charge on any atom is -0.495 e. The van der Waals surface area contributed by atoms with Gasteiger partial charge in [0.1, 0.15) is 22.6 Å². The number of anilines is 1. The van der Waals surface area contributed by atoms with Crippen LogP contribution in [0.25, 0.3) is 11.0 Å². The summed E-state index contributed by atoms with van der Waals surface area (Å²) in [4.78, 5) is 9.59. The lowest BCUT2D eigenvalue weighted by Crippen LogP contribution is -2.16. The SMILES string of the molecule is CCCc1nn(C)c2c(NCc3ccc(OC)c(Cl)c3)nc(C(N)CCCOC)nc12. The van der Waals surface area contributed by atoms with Crippen molar-refractivity contribution in [2.24, 2.45) is 12.8 Å². The molecule has 168 valence electrons. The summed E-state index contributed by atoms with van der Waals surface area (Å²) < 4.78 is 12.2. The van der Waals surface area contributed by atoms with Crippen LogP contribution in [0.15, 0.2) is 18.2 Å². The van der Waals surface area contributed by atoms with Crippen LogP contribution < -0.4 is 15.8 Å². The van der Waals surface area contributed by atoms with Crippen LogP contribution in [-0.4, -0.2) is 40.6 Å². The lowest BCUT2D eigenvalue weighted by atomic mass is 10.1. The number of rotatable bonds is 11. The molecule has 0 amide bonds. The quantitative estimate of drug-likeness (QED) is 0.429. The van der Waals surface area contributed by atoms with Crippen molar-refractivity contribution >= 4 is 28.5 Å². The third kappa shape index (κ3) is 5.44. The predicted molar refractivity (Wildman–Crippen MR) is 124 cm³/mol. The third-order valence-electron chi connectivity index (χ3n) is 5.13. The van der Waals surface area contributed by atoms with Gasteiger partial charge in [-0.3, -0.25) is 4.68 Å². The second kappa shape index (κ2) is 10.7. The van der Waals surface area contributed by atoms with E-state index in [4.69, 9.17) is 36.8 Å². The number of fused-ring (bicyclic) bond motifs is 1. The Labute approximate surface area is 188 Å². The molecule has 1 atom stereocenters. The van der Waals surface area contributed by atoms with E-state index in [2.05, 4.69) is 17.3 Å². The van der Waals surface area contributed by atoms with Gasteiger partial charge in [0.05, 0.1) is 23.9 Å². The summed E-state index contributed by atoms with van der Waals surface area (Å²) >= 11 is 6.28. The highest BCUT2D eigenvalue weighted by Gasteiger charge is 2.19. The Balaban J connectivity index is 1.94. The van der Waals surface area contributed by atoms with Crippen molar-refractivity contribution in [1.82, 2.24) is 19.7 Å². The monoisotopic (exact) mass is 446 g/mol. The molecule has 0 bridgehead atoms. The molecule has 3 N–H and O–H groups in total. The van der Waals surface area contributed by atoms with Gasteiger partial charge >= 0.3 is 0 Å². The molecule has 2 aromatic heterocycles. The lowest BCUT2D eigenvalue weighted by Gasteiger charge is -2.14. The van der Waals surface area contributed by atoms with Crippen LogP contribution in [0.2, 0.25) is 5.02 Å². The van der Waals surface area contributed by atoms with Gasteiger partial charge in [0.2, 0.25) is 0 Å². The molecule has 0 spiro atoms. The van der Waals surface area contributed by atoms with Gasteiger partial charge in [-0.1, -0.05) is 31.0 Å². The number of hydrogen-bond donors (Lipinski definition) is 2. The third-order valence-corrected chi connectivity index (χ3v) is 5.42. The van der Waals surface area contributed by atoms with E-state index in [0.717, 1.165) is 48.0 Å². The summed E-state index contributed by atoms with van der Waals surface area (Å²) in [5.74, 6) is 1.98. The molecule has 1 aromatic carbocycles. The van der Waals surface area contributed by atoms with E-state index < -0.39 is 0 Å². The number of nitrogens with one attached hydrogen (secondary N) is 1. The maximum absolute atomic E-state index is 6.42. The first-order valence-electron chi connectivity index (χ1n) is 10.5. The number of hydrogen-bond acceptors (Lipinski definition) is 7. The van der Waals surface area contributed by atoms with Crippen LogP contribution in [0.3, 0.4) is 0 Å². The molecule has 31 heavy (non-hydrogen) atoms. The fourth-order valence-electron chi connectivity index (χ4n) is 3.53. The fourth-order valence-corrected chi connectivity index (χ4v) is 3.82. The zero-order valence-electron chi connectivity index (χ0n) is 18.6. The number of methoxy groups -OCH3 is 2. The van der Waals surface area contributed by atoms with Gasteiger partial charge < -0.3 is 20.5 Å². The van der Waals surface area contributed by atoms with Crippen molar-refractivity contribution in [3.05, 3.63) is 40.3 Å². The number of nitrogens with zero attached hydrogens (tertiary/aromatic N) is 4. The topological polar surface area (TPSA) is 100 Å². The second-order valence-electron chi connectivity index (χ2n) is 7.51. The summed E-state index contributed by atoms with van der Waals surface area (Å²) in [6, 6.07) is 5.44. The van der Waals surface area contributed by atoms with Crippen LogP contribution in [0, 0.1) is 0 Å². The molecular weight excluding hydrogens is 416 g/mol. The fraction of sp³-hybridized carbons (Fsp3) is 0.500. The highest BCUT2D eigenvalue weighted by molar-refractivity contribution is 6.32. The number of aryl methyl sites for hydroxylation is 2. The standard InChI is InChI=1S/C22H31ClN6O2/c1-5-7-17-19-20(29(2)28-17)22(27-21(26-19)16(24)8-6-11-30-3)25-13-14-9-10-18(31-4)15(23)12-14/h9-10,12,16H,5-8,11,13,24H2,1-4H3,(H,25,26,27).